The predicted molar refractivity (Wildman–Crippen MR) is 63.2 cm³/mol. The Bertz CT molecular complexity index is 471. The Morgan fingerprint density at radius 2 is 2.06 bits per heavy atom. The zero-order valence-corrected chi connectivity index (χ0v) is 10.1. The van der Waals surface area contributed by atoms with E-state index in [2.05, 4.69) is 5.32 Å². The van der Waals surface area contributed by atoms with E-state index in [1.807, 2.05) is 13.8 Å². The van der Waals surface area contributed by atoms with E-state index in [1.54, 1.807) is 6.92 Å². The number of aliphatic hydroxyl groups is 1. The maximum absolute atomic E-state index is 13.5. The molecular formula is C13H16FNO2. The molecule has 1 aromatic rings. The molecular weight excluding hydrogens is 221 g/mol. The molecule has 0 fully saturated rings. The number of hydrogen-bond acceptors (Lipinski definition) is 2. The predicted octanol–water partition coefficient (Wildman–Crippen LogP) is 2.57. The van der Waals surface area contributed by atoms with Crippen LogP contribution in [0.15, 0.2) is 12.1 Å². The summed E-state index contributed by atoms with van der Waals surface area (Å²) in [4.78, 5) is 11.6. The lowest BCUT2D eigenvalue weighted by molar-refractivity contribution is -0.116. The summed E-state index contributed by atoms with van der Waals surface area (Å²) in [5.41, 5.74) is 1.67. The van der Waals surface area contributed by atoms with Gasteiger partial charge in [0.15, 0.2) is 0 Å². The monoisotopic (exact) mass is 237 g/mol. The molecule has 0 saturated heterocycles. The summed E-state index contributed by atoms with van der Waals surface area (Å²) in [7, 11) is 0. The maximum Gasteiger partial charge on any atom is 0.231 e. The van der Waals surface area contributed by atoms with Crippen LogP contribution >= 0.6 is 0 Å². The van der Waals surface area contributed by atoms with Gasteiger partial charge in [0.2, 0.25) is 5.91 Å². The second-order valence-corrected chi connectivity index (χ2v) is 4.86. The van der Waals surface area contributed by atoms with E-state index >= 15 is 0 Å². The Kier molecular flexibility index (Phi) is 2.91. The van der Waals surface area contributed by atoms with Gasteiger partial charge < -0.3 is 10.4 Å². The van der Waals surface area contributed by atoms with Crippen molar-refractivity contribution >= 4 is 11.6 Å². The Morgan fingerprint density at radius 3 is 2.65 bits per heavy atom. The minimum atomic E-state index is -0.773. The maximum atomic E-state index is 13.5. The number of carbonyl (C=O) groups excluding carboxylic acids is 1. The first kappa shape index (κ1) is 12.0. The van der Waals surface area contributed by atoms with Crippen LogP contribution < -0.4 is 5.32 Å². The van der Waals surface area contributed by atoms with Gasteiger partial charge in [-0.15, -0.1) is 0 Å². The number of halogens is 1. The molecule has 17 heavy (non-hydrogen) atoms. The van der Waals surface area contributed by atoms with Crippen molar-refractivity contribution in [3.05, 3.63) is 29.1 Å². The number of aliphatic hydroxyl groups excluding tert-OH is 1. The highest BCUT2D eigenvalue weighted by atomic mass is 19.1. The third-order valence-electron chi connectivity index (χ3n) is 3.22. The largest absolute Gasteiger partial charge is 0.388 e. The fraction of sp³-hybridized carbons (Fsp3) is 0.462. The molecule has 0 bridgehead atoms. The van der Waals surface area contributed by atoms with Crippen LogP contribution in [0.2, 0.25) is 0 Å². The van der Waals surface area contributed by atoms with Crippen molar-refractivity contribution in [2.75, 3.05) is 5.32 Å². The Balaban J connectivity index is 2.56. The second-order valence-electron chi connectivity index (χ2n) is 4.86. The minimum absolute atomic E-state index is 0.0336. The highest BCUT2D eigenvalue weighted by Crippen LogP contribution is 2.39. The fourth-order valence-corrected chi connectivity index (χ4v) is 2.10. The van der Waals surface area contributed by atoms with Gasteiger partial charge in [0.25, 0.3) is 0 Å². The van der Waals surface area contributed by atoms with Crippen LogP contribution in [-0.4, -0.2) is 11.0 Å². The molecule has 0 spiro atoms. The van der Waals surface area contributed by atoms with Crippen molar-refractivity contribution in [2.24, 2.45) is 5.92 Å². The van der Waals surface area contributed by atoms with Crippen molar-refractivity contribution in [3.8, 4) is 0 Å². The molecule has 0 saturated carbocycles. The summed E-state index contributed by atoms with van der Waals surface area (Å²) in [6.07, 6.45) is -0.773. The summed E-state index contributed by atoms with van der Waals surface area (Å²) in [5.74, 6) is -0.961. The molecule has 1 aliphatic heterocycles. The molecule has 1 amide bonds. The third kappa shape index (κ3) is 1.93. The Labute approximate surface area is 99.7 Å². The quantitative estimate of drug-likeness (QED) is 0.830. The van der Waals surface area contributed by atoms with E-state index in [9.17, 15) is 14.3 Å². The molecule has 4 heteroatoms. The molecule has 3 nitrogen and oxygen atoms in total. The SMILES string of the molecule is CC1C(=O)Nc2c1cc(F)cc2C(O)C(C)C. The summed E-state index contributed by atoms with van der Waals surface area (Å²) in [6.45, 7) is 5.43. The number of anilines is 1. The fourth-order valence-electron chi connectivity index (χ4n) is 2.10. The van der Waals surface area contributed by atoms with Crippen molar-refractivity contribution in [2.45, 2.75) is 32.8 Å². The lowest BCUT2D eigenvalue weighted by Gasteiger charge is -2.18. The molecule has 1 heterocycles. The Morgan fingerprint density at radius 1 is 1.41 bits per heavy atom. The normalized spacial score (nSPS) is 20.4. The number of hydrogen-bond donors (Lipinski definition) is 2. The molecule has 1 aromatic carbocycles. The van der Waals surface area contributed by atoms with Gasteiger partial charge in [0, 0.05) is 5.56 Å². The van der Waals surface area contributed by atoms with Gasteiger partial charge in [0.1, 0.15) is 5.82 Å². The van der Waals surface area contributed by atoms with Crippen molar-refractivity contribution < 1.29 is 14.3 Å². The van der Waals surface area contributed by atoms with Gasteiger partial charge in [-0.2, -0.15) is 0 Å². The van der Waals surface area contributed by atoms with E-state index in [0.717, 1.165) is 0 Å². The van der Waals surface area contributed by atoms with E-state index in [1.165, 1.54) is 12.1 Å². The number of nitrogens with one attached hydrogen (secondary N) is 1. The average molecular weight is 237 g/mol. The number of amides is 1. The lowest BCUT2D eigenvalue weighted by atomic mass is 9.93. The third-order valence-corrected chi connectivity index (χ3v) is 3.22. The summed E-state index contributed by atoms with van der Waals surface area (Å²) < 4.78 is 13.5. The zero-order chi connectivity index (χ0) is 12.7. The highest BCUT2D eigenvalue weighted by molar-refractivity contribution is 6.03. The summed E-state index contributed by atoms with van der Waals surface area (Å²) in [6, 6.07) is 2.65. The lowest BCUT2D eigenvalue weighted by Crippen LogP contribution is -2.11. The first-order chi connectivity index (χ1) is 7.91. The van der Waals surface area contributed by atoms with Gasteiger partial charge in [-0.05, 0) is 30.5 Å². The van der Waals surface area contributed by atoms with Crippen molar-refractivity contribution in [1.82, 2.24) is 0 Å². The number of carbonyl (C=O) groups is 1. The molecule has 2 unspecified atom stereocenters. The molecule has 2 rings (SSSR count). The van der Waals surface area contributed by atoms with E-state index < -0.39 is 11.9 Å². The molecule has 2 N–H and O–H groups in total. The topological polar surface area (TPSA) is 49.3 Å². The smallest absolute Gasteiger partial charge is 0.231 e. The Hall–Kier alpha value is -1.42. The van der Waals surface area contributed by atoms with Crippen LogP contribution in [0.1, 0.15) is 43.9 Å². The summed E-state index contributed by atoms with van der Waals surface area (Å²) >= 11 is 0. The molecule has 0 aromatic heterocycles. The number of benzene rings is 1. The molecule has 92 valence electrons. The number of fused-ring (bicyclic) bond motifs is 1. The van der Waals surface area contributed by atoms with Crippen LogP contribution in [0.25, 0.3) is 0 Å². The van der Waals surface area contributed by atoms with Crippen LogP contribution in [0.3, 0.4) is 0 Å². The van der Waals surface area contributed by atoms with E-state index in [0.29, 0.717) is 16.8 Å². The summed E-state index contributed by atoms with van der Waals surface area (Å²) in [5, 5.41) is 12.8. The van der Waals surface area contributed by atoms with Gasteiger partial charge >= 0.3 is 0 Å². The number of rotatable bonds is 2. The molecule has 2 atom stereocenters. The minimum Gasteiger partial charge on any atom is -0.388 e. The van der Waals surface area contributed by atoms with Crippen molar-refractivity contribution in [1.29, 1.82) is 0 Å². The molecule has 0 aliphatic carbocycles. The van der Waals surface area contributed by atoms with E-state index in [4.69, 9.17) is 0 Å². The van der Waals surface area contributed by atoms with Crippen LogP contribution in [0, 0.1) is 11.7 Å². The first-order valence-corrected chi connectivity index (χ1v) is 5.74. The molecule has 1 aliphatic rings. The standard InChI is InChI=1S/C13H16FNO2/c1-6(2)12(16)10-5-8(14)4-9-7(3)13(17)15-11(9)10/h4-7,12,16H,1-3H3,(H,15,17). The van der Waals surface area contributed by atoms with Gasteiger partial charge in [-0.3, -0.25) is 4.79 Å². The van der Waals surface area contributed by atoms with E-state index in [-0.39, 0.29) is 17.7 Å². The van der Waals surface area contributed by atoms with Gasteiger partial charge in [0.05, 0.1) is 17.7 Å². The zero-order valence-electron chi connectivity index (χ0n) is 10.1. The van der Waals surface area contributed by atoms with Crippen LogP contribution in [0.5, 0.6) is 0 Å². The average Bonchev–Trinajstić information content (AvgIpc) is 2.54. The first-order valence-electron chi connectivity index (χ1n) is 5.74. The van der Waals surface area contributed by atoms with Gasteiger partial charge in [-0.25, -0.2) is 4.39 Å². The van der Waals surface area contributed by atoms with Crippen molar-refractivity contribution in [3.63, 3.8) is 0 Å². The molecule has 0 radical (unpaired) electrons. The second kappa shape index (κ2) is 4.11. The van der Waals surface area contributed by atoms with Crippen LogP contribution in [-0.2, 0) is 4.79 Å². The highest BCUT2D eigenvalue weighted by Gasteiger charge is 2.31. The van der Waals surface area contributed by atoms with Crippen LogP contribution in [0.4, 0.5) is 10.1 Å². The van der Waals surface area contributed by atoms with Gasteiger partial charge in [-0.1, -0.05) is 13.8 Å².